The molecule has 9 nitrogen and oxygen atoms in total. The maximum atomic E-state index is 12.4. The zero-order valence-electron chi connectivity index (χ0n) is 18.0. The molecule has 1 unspecified atom stereocenters. The lowest BCUT2D eigenvalue weighted by molar-refractivity contribution is -0.159. The molecule has 1 N–H and O–H groups in total. The van der Waals surface area contributed by atoms with Crippen molar-refractivity contribution in [3.05, 3.63) is 98.8 Å². The Morgan fingerprint density at radius 1 is 0.939 bits per heavy atom. The van der Waals surface area contributed by atoms with Gasteiger partial charge in [-0.2, -0.15) is 0 Å². The zero-order chi connectivity index (χ0) is 22.8. The third-order valence-corrected chi connectivity index (χ3v) is 5.75. The molecule has 3 aromatic rings. The number of aromatic nitrogens is 2. The molecule has 2 fully saturated rings. The fraction of sp³-hybridized carbons (Fsp3) is 0.333. The Hall–Kier alpha value is -3.24. The second-order valence-corrected chi connectivity index (χ2v) is 7.89. The highest BCUT2D eigenvalue weighted by molar-refractivity contribution is 5.26. The molecule has 0 bridgehead atoms. The molecule has 0 saturated carbocycles. The summed E-state index contributed by atoms with van der Waals surface area (Å²) in [6.45, 7) is 0.625. The summed E-state index contributed by atoms with van der Waals surface area (Å²) in [4.78, 5) is 26.2. The minimum absolute atomic E-state index is 0.243. The minimum Gasteiger partial charge on any atom is -0.497 e. The quantitative estimate of drug-likeness (QED) is 0.586. The van der Waals surface area contributed by atoms with E-state index in [9.17, 15) is 9.59 Å². The van der Waals surface area contributed by atoms with Crippen molar-refractivity contribution >= 4 is 0 Å². The second-order valence-electron chi connectivity index (χ2n) is 7.89. The van der Waals surface area contributed by atoms with E-state index >= 15 is 0 Å². The number of ether oxygens (including phenoxy) is 5. The van der Waals surface area contributed by atoms with Gasteiger partial charge in [-0.3, -0.25) is 14.3 Å². The summed E-state index contributed by atoms with van der Waals surface area (Å²) in [6.07, 6.45) is -1.41. The first kappa shape index (κ1) is 21.6. The Morgan fingerprint density at radius 3 is 2.42 bits per heavy atom. The number of nitrogens with one attached hydrogen (secondary N) is 1. The summed E-state index contributed by atoms with van der Waals surface area (Å²) < 4.78 is 30.9. The van der Waals surface area contributed by atoms with Crippen molar-refractivity contribution in [3.8, 4) is 5.75 Å². The number of benzene rings is 2. The molecule has 0 aliphatic carbocycles. The Kier molecular flexibility index (Phi) is 6.10. The van der Waals surface area contributed by atoms with E-state index in [1.54, 1.807) is 7.11 Å². The van der Waals surface area contributed by atoms with Crippen LogP contribution in [0.1, 0.15) is 23.6 Å². The Balaban J connectivity index is 1.33. The molecule has 9 heteroatoms. The van der Waals surface area contributed by atoms with Crippen LogP contribution in [0.25, 0.3) is 0 Å². The Morgan fingerprint density at radius 2 is 1.70 bits per heavy atom. The van der Waals surface area contributed by atoms with Crippen LogP contribution in [0.3, 0.4) is 0 Å². The SMILES string of the molecule is COc1ccc(COC[C@H]2O[C@@H](n3ccc(=O)[nH]c3=O)[C@@H]3OC(c4ccccc4)O[C@@H]32)cc1. The first-order valence-corrected chi connectivity index (χ1v) is 10.7. The Bertz CT molecular complexity index is 1190. The fourth-order valence-corrected chi connectivity index (χ4v) is 4.10. The van der Waals surface area contributed by atoms with Crippen LogP contribution in [0.2, 0.25) is 0 Å². The molecule has 0 radical (unpaired) electrons. The molecule has 2 aliphatic heterocycles. The predicted molar refractivity (Wildman–Crippen MR) is 117 cm³/mol. The largest absolute Gasteiger partial charge is 0.497 e. The van der Waals surface area contributed by atoms with Crippen molar-refractivity contribution in [2.24, 2.45) is 0 Å². The molecule has 2 saturated heterocycles. The van der Waals surface area contributed by atoms with E-state index in [4.69, 9.17) is 23.7 Å². The summed E-state index contributed by atoms with van der Waals surface area (Å²) in [5.74, 6) is 0.776. The molecule has 3 heterocycles. The van der Waals surface area contributed by atoms with Gasteiger partial charge >= 0.3 is 5.69 Å². The summed E-state index contributed by atoms with van der Waals surface area (Å²) in [5, 5.41) is 0. The predicted octanol–water partition coefficient (Wildman–Crippen LogP) is 2.14. The van der Waals surface area contributed by atoms with Crippen molar-refractivity contribution < 1.29 is 23.7 Å². The van der Waals surface area contributed by atoms with Gasteiger partial charge in [-0.25, -0.2) is 4.79 Å². The third kappa shape index (κ3) is 4.49. The van der Waals surface area contributed by atoms with Gasteiger partial charge < -0.3 is 23.7 Å². The van der Waals surface area contributed by atoms with Crippen molar-refractivity contribution in [2.75, 3.05) is 13.7 Å². The van der Waals surface area contributed by atoms with Crippen LogP contribution in [-0.4, -0.2) is 41.6 Å². The molecular weight excluding hydrogens is 428 g/mol. The molecule has 33 heavy (non-hydrogen) atoms. The number of aromatic amines is 1. The van der Waals surface area contributed by atoms with Gasteiger partial charge in [0.1, 0.15) is 24.1 Å². The van der Waals surface area contributed by atoms with Crippen LogP contribution in [0.4, 0.5) is 0 Å². The van der Waals surface area contributed by atoms with E-state index in [1.165, 1.54) is 16.8 Å². The normalized spacial score (nSPS) is 26.3. The average molecular weight is 452 g/mol. The standard InChI is InChI=1S/C24H24N2O7/c1-29-17-9-7-15(8-10-17)13-30-14-18-20-21(33-23(32-20)16-5-3-2-4-6-16)22(31-18)26-12-11-19(27)25-24(26)28/h2-12,18,20-23H,13-14H2,1H3,(H,25,27,28)/t18-,20-,21-,22-,23?/m1/s1. The van der Waals surface area contributed by atoms with E-state index in [1.807, 2.05) is 54.6 Å². The lowest BCUT2D eigenvalue weighted by Gasteiger charge is -2.21. The van der Waals surface area contributed by atoms with Crippen molar-refractivity contribution in [3.63, 3.8) is 0 Å². The Labute approximate surface area is 189 Å². The van der Waals surface area contributed by atoms with Crippen molar-refractivity contribution in [1.82, 2.24) is 9.55 Å². The number of fused-ring (bicyclic) bond motifs is 1. The molecule has 2 aliphatic rings. The highest BCUT2D eigenvalue weighted by atomic mass is 16.8. The second kappa shape index (κ2) is 9.32. The molecule has 1 aromatic heterocycles. The molecule has 5 atom stereocenters. The van der Waals surface area contributed by atoms with Gasteiger partial charge in [0.25, 0.3) is 5.56 Å². The molecular formula is C24H24N2O7. The average Bonchev–Trinajstić information content (AvgIpc) is 3.41. The fourth-order valence-electron chi connectivity index (χ4n) is 4.10. The topological polar surface area (TPSA) is 101 Å². The molecule has 5 rings (SSSR count). The van der Waals surface area contributed by atoms with Crippen LogP contribution < -0.4 is 16.0 Å². The van der Waals surface area contributed by atoms with Crippen molar-refractivity contribution in [1.29, 1.82) is 0 Å². The maximum absolute atomic E-state index is 12.4. The lowest BCUT2D eigenvalue weighted by atomic mass is 10.1. The third-order valence-electron chi connectivity index (χ3n) is 5.75. The number of methoxy groups -OCH3 is 1. The first-order valence-electron chi connectivity index (χ1n) is 10.7. The molecule has 0 amide bonds. The highest BCUT2D eigenvalue weighted by Gasteiger charge is 2.54. The molecule has 0 spiro atoms. The van der Waals surface area contributed by atoms with E-state index in [0.717, 1.165) is 16.9 Å². The van der Waals surface area contributed by atoms with Crippen molar-refractivity contribution in [2.45, 2.75) is 37.4 Å². The minimum atomic E-state index is -0.761. The van der Waals surface area contributed by atoms with Crippen LogP contribution in [-0.2, 0) is 25.6 Å². The van der Waals surface area contributed by atoms with E-state index in [2.05, 4.69) is 4.98 Å². The molecule has 172 valence electrons. The van der Waals surface area contributed by atoms with E-state index in [0.29, 0.717) is 6.61 Å². The van der Waals surface area contributed by atoms with Crippen LogP contribution in [0.5, 0.6) is 5.75 Å². The van der Waals surface area contributed by atoms with E-state index < -0.39 is 42.1 Å². The van der Waals surface area contributed by atoms with Gasteiger partial charge in [0.2, 0.25) is 0 Å². The van der Waals surface area contributed by atoms with Gasteiger partial charge in [0.05, 0.1) is 20.3 Å². The van der Waals surface area contributed by atoms with Gasteiger partial charge in [-0.05, 0) is 17.7 Å². The van der Waals surface area contributed by atoms with Crippen LogP contribution in [0.15, 0.2) is 76.4 Å². The maximum Gasteiger partial charge on any atom is 0.330 e. The van der Waals surface area contributed by atoms with Crippen LogP contribution in [0, 0.1) is 0 Å². The van der Waals surface area contributed by atoms with Gasteiger partial charge in [-0.1, -0.05) is 42.5 Å². The number of hydrogen-bond acceptors (Lipinski definition) is 7. The van der Waals surface area contributed by atoms with E-state index in [-0.39, 0.29) is 6.61 Å². The number of hydrogen-bond donors (Lipinski definition) is 1. The monoisotopic (exact) mass is 452 g/mol. The summed E-state index contributed by atoms with van der Waals surface area (Å²) in [5.41, 5.74) is 0.815. The molecule has 2 aromatic carbocycles. The van der Waals surface area contributed by atoms with Gasteiger partial charge in [0.15, 0.2) is 12.5 Å². The van der Waals surface area contributed by atoms with Gasteiger partial charge in [0, 0.05) is 17.8 Å². The van der Waals surface area contributed by atoms with Gasteiger partial charge in [-0.15, -0.1) is 0 Å². The smallest absolute Gasteiger partial charge is 0.330 e. The number of H-pyrrole nitrogens is 1. The number of rotatable bonds is 7. The van der Waals surface area contributed by atoms with Crippen LogP contribution >= 0.6 is 0 Å². The first-order chi connectivity index (χ1) is 16.1. The summed E-state index contributed by atoms with van der Waals surface area (Å²) in [6, 6.07) is 18.5. The lowest BCUT2D eigenvalue weighted by Crippen LogP contribution is -2.36. The number of nitrogens with zero attached hydrogens (tertiary/aromatic N) is 1. The summed E-state index contributed by atoms with van der Waals surface area (Å²) >= 11 is 0. The highest BCUT2D eigenvalue weighted by Crippen LogP contribution is 2.43. The summed E-state index contributed by atoms with van der Waals surface area (Å²) in [7, 11) is 1.62. The zero-order valence-corrected chi connectivity index (χ0v) is 18.0.